The highest BCUT2D eigenvalue weighted by Crippen LogP contribution is 2.37. The summed E-state index contributed by atoms with van der Waals surface area (Å²) in [6.07, 6.45) is 0. The van der Waals surface area contributed by atoms with Crippen molar-refractivity contribution in [2.24, 2.45) is 0 Å². The largest absolute Gasteiger partial charge is 0.507 e. The Morgan fingerprint density at radius 2 is 1.61 bits per heavy atom. The first-order chi connectivity index (χ1) is 11.2. The van der Waals surface area contributed by atoms with Crippen LogP contribution in [0, 0.1) is 0 Å². The minimum atomic E-state index is 0.234. The number of nitrogen functional groups attached to an aromatic ring is 1. The van der Waals surface area contributed by atoms with Gasteiger partial charge in [-0.15, -0.1) is 0 Å². The lowest BCUT2D eigenvalue weighted by molar-refractivity contribution is 0.190. The van der Waals surface area contributed by atoms with Crippen molar-refractivity contribution in [3.8, 4) is 16.9 Å². The van der Waals surface area contributed by atoms with Crippen molar-refractivity contribution >= 4 is 11.4 Å². The molecule has 2 rings (SSSR count). The van der Waals surface area contributed by atoms with Gasteiger partial charge in [-0.05, 0) is 24.3 Å². The zero-order valence-electron chi connectivity index (χ0n) is 13.7. The maximum absolute atomic E-state index is 10.2. The average Bonchev–Trinajstić information content (AvgIpc) is 2.56. The number of phenolic OH excluding ortho intramolecular Hbond substituents is 1. The second-order valence-electron chi connectivity index (χ2n) is 5.27. The molecule has 2 aromatic rings. The predicted molar refractivity (Wildman–Crippen MR) is 93.9 cm³/mol. The molecule has 23 heavy (non-hydrogen) atoms. The molecule has 0 aliphatic carbocycles. The Morgan fingerprint density at radius 1 is 0.957 bits per heavy atom. The van der Waals surface area contributed by atoms with Crippen LogP contribution in [0.4, 0.5) is 11.4 Å². The summed E-state index contributed by atoms with van der Waals surface area (Å²) < 4.78 is 10.4. The molecule has 0 aromatic heterocycles. The number of nitrogens with two attached hydrogens (primary N) is 1. The summed E-state index contributed by atoms with van der Waals surface area (Å²) in [6.45, 7) is 2.66. The molecule has 0 saturated carbocycles. The molecule has 0 aliphatic rings. The van der Waals surface area contributed by atoms with E-state index in [4.69, 9.17) is 15.2 Å². The van der Waals surface area contributed by atoms with Crippen LogP contribution >= 0.6 is 0 Å². The van der Waals surface area contributed by atoms with E-state index in [1.807, 2.05) is 30.3 Å². The number of hydrogen-bond acceptors (Lipinski definition) is 5. The third kappa shape index (κ3) is 4.37. The van der Waals surface area contributed by atoms with Gasteiger partial charge in [0.25, 0.3) is 0 Å². The summed E-state index contributed by atoms with van der Waals surface area (Å²) in [5.41, 5.74) is 9.28. The van der Waals surface area contributed by atoms with Crippen molar-refractivity contribution in [1.82, 2.24) is 0 Å². The van der Waals surface area contributed by atoms with E-state index in [1.54, 1.807) is 26.4 Å². The second kappa shape index (κ2) is 8.41. The minimum Gasteiger partial charge on any atom is -0.507 e. The Morgan fingerprint density at radius 3 is 2.22 bits per heavy atom. The van der Waals surface area contributed by atoms with Crippen LogP contribution in [0.3, 0.4) is 0 Å². The van der Waals surface area contributed by atoms with E-state index in [-0.39, 0.29) is 5.75 Å². The number of hydrogen-bond donors (Lipinski definition) is 2. The number of nitrogens with zero attached hydrogens (tertiary/aromatic N) is 1. The van der Waals surface area contributed by atoms with Crippen molar-refractivity contribution in [2.75, 3.05) is 51.2 Å². The van der Waals surface area contributed by atoms with Gasteiger partial charge in [0.2, 0.25) is 0 Å². The van der Waals surface area contributed by atoms with Gasteiger partial charge in [-0.25, -0.2) is 0 Å². The first-order valence-corrected chi connectivity index (χ1v) is 7.58. The van der Waals surface area contributed by atoms with Crippen LogP contribution in [-0.4, -0.2) is 45.6 Å². The Hall–Kier alpha value is -2.24. The molecular weight excluding hydrogens is 292 g/mol. The van der Waals surface area contributed by atoms with Crippen molar-refractivity contribution in [2.45, 2.75) is 0 Å². The van der Waals surface area contributed by atoms with Gasteiger partial charge < -0.3 is 25.2 Å². The number of aromatic hydroxyl groups is 1. The molecule has 0 heterocycles. The second-order valence-corrected chi connectivity index (χ2v) is 5.27. The molecule has 0 atom stereocenters. The fraction of sp³-hybridized carbons (Fsp3) is 0.333. The molecule has 0 saturated heterocycles. The van der Waals surface area contributed by atoms with Gasteiger partial charge in [0.15, 0.2) is 0 Å². The Labute approximate surface area is 137 Å². The summed E-state index contributed by atoms with van der Waals surface area (Å²) in [5, 5.41) is 10.2. The molecule has 3 N–H and O–H groups in total. The standard InChI is InChI=1S/C18H24N2O3/c1-22-11-9-20(10-12-23-2)17-8-7-14(19)13-16(17)15-5-3-4-6-18(15)21/h3-8,13,21H,9-12,19H2,1-2H3. The number of benzene rings is 2. The summed E-state index contributed by atoms with van der Waals surface area (Å²) in [5.74, 6) is 0.234. The number of para-hydroxylation sites is 1. The van der Waals surface area contributed by atoms with Gasteiger partial charge in [-0.2, -0.15) is 0 Å². The Balaban J connectivity index is 2.45. The Kier molecular flexibility index (Phi) is 6.26. The third-order valence-corrected chi connectivity index (χ3v) is 3.69. The lowest BCUT2D eigenvalue weighted by atomic mass is 10.0. The maximum atomic E-state index is 10.2. The minimum absolute atomic E-state index is 0.234. The smallest absolute Gasteiger partial charge is 0.123 e. The van der Waals surface area contributed by atoms with Crippen LogP contribution in [0.5, 0.6) is 5.75 Å². The van der Waals surface area contributed by atoms with Crippen LogP contribution < -0.4 is 10.6 Å². The molecule has 124 valence electrons. The molecule has 2 aromatic carbocycles. The zero-order chi connectivity index (χ0) is 16.7. The van der Waals surface area contributed by atoms with Crippen LogP contribution in [0.2, 0.25) is 0 Å². The number of ether oxygens (including phenoxy) is 2. The molecule has 0 unspecified atom stereocenters. The van der Waals surface area contributed by atoms with Gasteiger partial charge in [0.05, 0.1) is 13.2 Å². The normalized spacial score (nSPS) is 10.7. The molecule has 0 bridgehead atoms. The fourth-order valence-corrected chi connectivity index (χ4v) is 2.50. The fourth-order valence-electron chi connectivity index (χ4n) is 2.50. The first kappa shape index (κ1) is 17.1. The third-order valence-electron chi connectivity index (χ3n) is 3.69. The quantitative estimate of drug-likeness (QED) is 0.733. The summed E-state index contributed by atoms with van der Waals surface area (Å²) in [7, 11) is 3.36. The summed E-state index contributed by atoms with van der Waals surface area (Å²) in [6, 6.07) is 13.0. The predicted octanol–water partition coefficient (Wildman–Crippen LogP) is 2.74. The highest BCUT2D eigenvalue weighted by molar-refractivity contribution is 5.84. The summed E-state index contributed by atoms with van der Waals surface area (Å²) >= 11 is 0. The van der Waals surface area contributed by atoms with Gasteiger partial charge in [-0.3, -0.25) is 0 Å². The number of phenols is 1. The lowest BCUT2D eigenvalue weighted by Crippen LogP contribution is -2.31. The highest BCUT2D eigenvalue weighted by atomic mass is 16.5. The average molecular weight is 316 g/mol. The maximum Gasteiger partial charge on any atom is 0.123 e. The lowest BCUT2D eigenvalue weighted by Gasteiger charge is -2.27. The van der Waals surface area contributed by atoms with Gasteiger partial charge in [-0.1, -0.05) is 18.2 Å². The zero-order valence-corrected chi connectivity index (χ0v) is 13.7. The molecular formula is C18H24N2O3. The molecule has 0 amide bonds. The van der Waals surface area contributed by atoms with Crippen molar-refractivity contribution in [1.29, 1.82) is 0 Å². The first-order valence-electron chi connectivity index (χ1n) is 7.58. The molecule has 0 aliphatic heterocycles. The van der Waals surface area contributed by atoms with Gasteiger partial charge in [0.1, 0.15) is 5.75 Å². The van der Waals surface area contributed by atoms with E-state index in [1.165, 1.54) is 0 Å². The van der Waals surface area contributed by atoms with E-state index in [9.17, 15) is 5.11 Å². The molecule has 5 nitrogen and oxygen atoms in total. The molecule has 0 spiro atoms. The van der Waals surface area contributed by atoms with E-state index >= 15 is 0 Å². The van der Waals surface area contributed by atoms with Crippen molar-refractivity contribution < 1.29 is 14.6 Å². The Bertz CT molecular complexity index is 623. The van der Waals surface area contributed by atoms with E-state index in [0.29, 0.717) is 18.9 Å². The highest BCUT2D eigenvalue weighted by Gasteiger charge is 2.15. The van der Waals surface area contributed by atoms with Crippen LogP contribution in [0.25, 0.3) is 11.1 Å². The van der Waals surface area contributed by atoms with E-state index in [0.717, 1.165) is 29.9 Å². The SMILES string of the molecule is COCCN(CCOC)c1ccc(N)cc1-c1ccccc1O. The monoisotopic (exact) mass is 316 g/mol. The van der Waals surface area contributed by atoms with Crippen molar-refractivity contribution in [3.05, 3.63) is 42.5 Å². The number of anilines is 2. The van der Waals surface area contributed by atoms with Gasteiger partial charge >= 0.3 is 0 Å². The molecule has 0 radical (unpaired) electrons. The van der Waals surface area contributed by atoms with E-state index < -0.39 is 0 Å². The number of rotatable bonds is 8. The van der Waals surface area contributed by atoms with Crippen LogP contribution in [0.1, 0.15) is 0 Å². The van der Waals surface area contributed by atoms with E-state index in [2.05, 4.69) is 4.90 Å². The van der Waals surface area contributed by atoms with Crippen LogP contribution in [-0.2, 0) is 9.47 Å². The topological polar surface area (TPSA) is 68.0 Å². The molecule has 5 heteroatoms. The molecule has 0 fully saturated rings. The van der Waals surface area contributed by atoms with Gasteiger partial charge in [0, 0.05) is 49.8 Å². The number of methoxy groups -OCH3 is 2. The summed E-state index contributed by atoms with van der Waals surface area (Å²) in [4.78, 5) is 2.17. The van der Waals surface area contributed by atoms with Crippen LogP contribution in [0.15, 0.2) is 42.5 Å². The van der Waals surface area contributed by atoms with Crippen molar-refractivity contribution in [3.63, 3.8) is 0 Å².